The second kappa shape index (κ2) is 4.17. The van der Waals surface area contributed by atoms with Crippen LogP contribution >= 0.6 is 0 Å². The summed E-state index contributed by atoms with van der Waals surface area (Å²) in [7, 11) is 0. The lowest BCUT2D eigenvalue weighted by Gasteiger charge is -2.41. The van der Waals surface area contributed by atoms with Crippen molar-refractivity contribution in [3.8, 4) is 0 Å². The van der Waals surface area contributed by atoms with Crippen molar-refractivity contribution in [3.05, 3.63) is 0 Å². The average Bonchev–Trinajstić information content (AvgIpc) is 2.33. The van der Waals surface area contributed by atoms with Gasteiger partial charge in [0.05, 0.1) is 13.2 Å². The number of morpholine rings is 1. The zero-order valence-corrected chi connectivity index (χ0v) is 9.49. The van der Waals surface area contributed by atoms with Crippen LogP contribution < -0.4 is 5.32 Å². The topological polar surface area (TPSA) is 24.5 Å². The summed E-state index contributed by atoms with van der Waals surface area (Å²) in [5.41, 5.74) is 0. The van der Waals surface area contributed by atoms with Gasteiger partial charge in [-0.25, -0.2) is 0 Å². The van der Waals surface area contributed by atoms with Crippen molar-refractivity contribution in [2.24, 2.45) is 5.92 Å². The van der Waals surface area contributed by atoms with Crippen LogP contribution in [0.2, 0.25) is 0 Å². The summed E-state index contributed by atoms with van der Waals surface area (Å²) in [4.78, 5) is 2.62. The van der Waals surface area contributed by atoms with Gasteiger partial charge in [-0.2, -0.15) is 0 Å². The first-order chi connectivity index (χ1) is 6.70. The van der Waals surface area contributed by atoms with E-state index in [9.17, 15) is 0 Å². The SMILES string of the molecule is C[C@@H]1CN[C@H](C)[C@H]2COCCN2[C@@H]1C. The molecule has 0 aliphatic carbocycles. The normalized spacial score (nSPS) is 45.6. The fourth-order valence-electron chi connectivity index (χ4n) is 2.58. The van der Waals surface area contributed by atoms with Crippen molar-refractivity contribution in [2.45, 2.75) is 38.9 Å². The highest BCUT2D eigenvalue weighted by Crippen LogP contribution is 2.22. The van der Waals surface area contributed by atoms with E-state index in [0.29, 0.717) is 18.1 Å². The average molecular weight is 198 g/mol. The summed E-state index contributed by atoms with van der Waals surface area (Å²) in [5, 5.41) is 3.60. The van der Waals surface area contributed by atoms with Crippen molar-refractivity contribution < 1.29 is 4.74 Å². The Kier molecular flexibility index (Phi) is 3.10. The van der Waals surface area contributed by atoms with Gasteiger partial charge in [0, 0.05) is 24.7 Å². The molecule has 3 heteroatoms. The maximum absolute atomic E-state index is 5.57. The Morgan fingerprint density at radius 2 is 2.07 bits per heavy atom. The van der Waals surface area contributed by atoms with Gasteiger partial charge in [-0.15, -0.1) is 0 Å². The molecule has 1 N–H and O–H groups in total. The third-order valence-electron chi connectivity index (χ3n) is 3.89. The first kappa shape index (κ1) is 10.4. The second-order valence-corrected chi connectivity index (χ2v) is 4.79. The number of hydrogen-bond donors (Lipinski definition) is 1. The van der Waals surface area contributed by atoms with Gasteiger partial charge in [0.1, 0.15) is 0 Å². The fourth-order valence-corrected chi connectivity index (χ4v) is 2.58. The van der Waals surface area contributed by atoms with E-state index in [1.807, 2.05) is 0 Å². The first-order valence-electron chi connectivity index (χ1n) is 5.77. The smallest absolute Gasteiger partial charge is 0.0637 e. The molecule has 3 nitrogen and oxygen atoms in total. The van der Waals surface area contributed by atoms with Gasteiger partial charge in [0.25, 0.3) is 0 Å². The third kappa shape index (κ3) is 1.81. The van der Waals surface area contributed by atoms with Crippen LogP contribution in [0.4, 0.5) is 0 Å². The molecule has 0 bridgehead atoms. The number of rotatable bonds is 0. The molecule has 2 rings (SSSR count). The van der Waals surface area contributed by atoms with Crippen molar-refractivity contribution in [2.75, 3.05) is 26.3 Å². The van der Waals surface area contributed by atoms with Gasteiger partial charge in [0.15, 0.2) is 0 Å². The van der Waals surface area contributed by atoms with E-state index in [-0.39, 0.29) is 0 Å². The van der Waals surface area contributed by atoms with E-state index in [0.717, 1.165) is 32.2 Å². The number of fused-ring (bicyclic) bond motifs is 1. The Morgan fingerprint density at radius 3 is 2.86 bits per heavy atom. The van der Waals surface area contributed by atoms with Crippen molar-refractivity contribution in [1.29, 1.82) is 0 Å². The highest BCUT2D eigenvalue weighted by molar-refractivity contribution is 4.92. The molecule has 82 valence electrons. The molecule has 14 heavy (non-hydrogen) atoms. The number of hydrogen-bond acceptors (Lipinski definition) is 3. The number of nitrogens with one attached hydrogen (secondary N) is 1. The maximum Gasteiger partial charge on any atom is 0.0637 e. The molecule has 0 aromatic heterocycles. The van der Waals surface area contributed by atoms with E-state index in [2.05, 4.69) is 31.0 Å². The molecule has 0 radical (unpaired) electrons. The molecule has 2 fully saturated rings. The largest absolute Gasteiger partial charge is 0.378 e. The van der Waals surface area contributed by atoms with Crippen LogP contribution in [0.1, 0.15) is 20.8 Å². The van der Waals surface area contributed by atoms with Crippen LogP contribution in [0, 0.1) is 5.92 Å². The molecule has 4 atom stereocenters. The molecule has 0 spiro atoms. The number of nitrogens with zero attached hydrogens (tertiary/aromatic N) is 1. The molecule has 0 aromatic rings. The Bertz CT molecular complexity index is 198. The van der Waals surface area contributed by atoms with E-state index < -0.39 is 0 Å². The zero-order chi connectivity index (χ0) is 10.1. The van der Waals surface area contributed by atoms with Crippen LogP contribution in [-0.4, -0.2) is 49.3 Å². The highest BCUT2D eigenvalue weighted by atomic mass is 16.5. The minimum absolute atomic E-state index is 0.558. The summed E-state index contributed by atoms with van der Waals surface area (Å²) in [6, 6.07) is 1.81. The summed E-state index contributed by atoms with van der Waals surface area (Å²) < 4.78 is 5.57. The summed E-state index contributed by atoms with van der Waals surface area (Å²) in [6.07, 6.45) is 0. The van der Waals surface area contributed by atoms with Crippen LogP contribution in [0.3, 0.4) is 0 Å². The van der Waals surface area contributed by atoms with Crippen LogP contribution in [0.25, 0.3) is 0 Å². The van der Waals surface area contributed by atoms with Gasteiger partial charge in [-0.1, -0.05) is 6.92 Å². The molecule has 2 heterocycles. The van der Waals surface area contributed by atoms with Crippen LogP contribution in [0.15, 0.2) is 0 Å². The molecule has 0 unspecified atom stereocenters. The lowest BCUT2D eigenvalue weighted by molar-refractivity contribution is -0.0351. The predicted octanol–water partition coefficient (Wildman–Crippen LogP) is 0.703. The highest BCUT2D eigenvalue weighted by Gasteiger charge is 2.35. The standard InChI is InChI=1S/C11H22N2O/c1-8-6-12-9(2)11-7-14-5-4-13(11)10(8)3/h8-12H,4-7H2,1-3H3/t8-,9-,10-,11-/m1/s1. The minimum atomic E-state index is 0.558. The van der Waals surface area contributed by atoms with E-state index >= 15 is 0 Å². The van der Waals surface area contributed by atoms with E-state index in [1.165, 1.54) is 0 Å². The molecule has 0 saturated carbocycles. The Labute approximate surface area is 86.8 Å². The fraction of sp³-hybridized carbons (Fsp3) is 1.00. The monoisotopic (exact) mass is 198 g/mol. The third-order valence-corrected chi connectivity index (χ3v) is 3.89. The maximum atomic E-state index is 5.57. The van der Waals surface area contributed by atoms with Crippen molar-refractivity contribution in [1.82, 2.24) is 10.2 Å². The van der Waals surface area contributed by atoms with Gasteiger partial charge >= 0.3 is 0 Å². The van der Waals surface area contributed by atoms with Gasteiger partial charge in [-0.05, 0) is 26.3 Å². The lowest BCUT2D eigenvalue weighted by Crippen LogP contribution is -2.55. The first-order valence-corrected chi connectivity index (χ1v) is 5.77. The number of ether oxygens (including phenoxy) is 1. The summed E-state index contributed by atoms with van der Waals surface area (Å²) >= 11 is 0. The van der Waals surface area contributed by atoms with E-state index in [1.54, 1.807) is 0 Å². The predicted molar refractivity (Wildman–Crippen MR) is 57.4 cm³/mol. The van der Waals surface area contributed by atoms with Gasteiger partial charge in [0.2, 0.25) is 0 Å². The van der Waals surface area contributed by atoms with Crippen LogP contribution in [0.5, 0.6) is 0 Å². The molecular formula is C11H22N2O. The molecular weight excluding hydrogens is 176 g/mol. The Morgan fingerprint density at radius 1 is 1.29 bits per heavy atom. The van der Waals surface area contributed by atoms with Gasteiger partial charge in [-0.3, -0.25) is 4.90 Å². The van der Waals surface area contributed by atoms with Crippen molar-refractivity contribution >= 4 is 0 Å². The Hall–Kier alpha value is -0.120. The summed E-state index contributed by atoms with van der Waals surface area (Å²) in [6.45, 7) is 11.0. The Balaban J connectivity index is 2.13. The lowest BCUT2D eigenvalue weighted by atomic mass is 10.0. The van der Waals surface area contributed by atoms with E-state index in [4.69, 9.17) is 4.74 Å². The molecule has 2 aliphatic heterocycles. The molecule has 0 amide bonds. The van der Waals surface area contributed by atoms with Gasteiger partial charge < -0.3 is 10.1 Å². The molecule has 0 aromatic carbocycles. The quantitative estimate of drug-likeness (QED) is 0.620. The minimum Gasteiger partial charge on any atom is -0.378 e. The molecule has 2 aliphatic rings. The zero-order valence-electron chi connectivity index (χ0n) is 9.49. The second-order valence-electron chi connectivity index (χ2n) is 4.79. The van der Waals surface area contributed by atoms with Crippen molar-refractivity contribution in [3.63, 3.8) is 0 Å². The van der Waals surface area contributed by atoms with Crippen LogP contribution in [-0.2, 0) is 4.74 Å². The summed E-state index contributed by atoms with van der Waals surface area (Å²) in [5.74, 6) is 0.737. The molecule has 2 saturated heterocycles.